The Bertz CT molecular complexity index is 171. The smallest absolute Gasteiger partial charge is 0.246 e. The van der Waals surface area contributed by atoms with Crippen molar-refractivity contribution in [3.05, 3.63) is 0 Å². The minimum absolute atomic E-state index is 0.0460. The fraction of sp³-hybridized carbons (Fsp3) is 0.889. The molecule has 0 heterocycles. The summed E-state index contributed by atoms with van der Waals surface area (Å²) in [4.78, 5) is 11.3. The molecule has 0 aliphatic rings. The van der Waals surface area contributed by atoms with Crippen LogP contribution in [-0.4, -0.2) is 44.9 Å². The molecule has 0 spiro atoms. The lowest BCUT2D eigenvalue weighted by atomic mass is 10.1. The highest BCUT2D eigenvalue weighted by molar-refractivity contribution is 5.77. The normalized spacial score (nSPS) is 11.4. The summed E-state index contributed by atoms with van der Waals surface area (Å²) in [6.45, 7) is 5.11. The van der Waals surface area contributed by atoms with E-state index in [9.17, 15) is 4.79 Å². The van der Waals surface area contributed by atoms with Crippen LogP contribution in [0.2, 0.25) is 0 Å². The van der Waals surface area contributed by atoms with E-state index in [1.54, 1.807) is 7.11 Å². The second-order valence-electron chi connectivity index (χ2n) is 3.71. The van der Waals surface area contributed by atoms with Crippen molar-refractivity contribution >= 4 is 5.91 Å². The van der Waals surface area contributed by atoms with Gasteiger partial charge >= 0.3 is 0 Å². The molecule has 5 nitrogen and oxygen atoms in total. The van der Waals surface area contributed by atoms with Crippen LogP contribution in [0.1, 0.15) is 13.8 Å². The highest BCUT2D eigenvalue weighted by Gasteiger charge is 2.19. The first-order valence-corrected chi connectivity index (χ1v) is 4.59. The summed E-state index contributed by atoms with van der Waals surface area (Å²) < 4.78 is 9.95. The Balaban J connectivity index is 3.69. The van der Waals surface area contributed by atoms with E-state index in [0.717, 1.165) is 0 Å². The quantitative estimate of drug-likeness (QED) is 0.548. The van der Waals surface area contributed by atoms with Crippen molar-refractivity contribution in [1.82, 2.24) is 5.32 Å². The molecule has 3 N–H and O–H groups in total. The fourth-order valence-electron chi connectivity index (χ4n) is 1.06. The van der Waals surface area contributed by atoms with Crippen molar-refractivity contribution in [2.45, 2.75) is 19.4 Å². The molecule has 5 heteroatoms. The minimum atomic E-state index is -0.363. The Morgan fingerprint density at radius 1 is 1.50 bits per heavy atom. The van der Waals surface area contributed by atoms with Crippen LogP contribution < -0.4 is 11.1 Å². The third-order valence-corrected chi connectivity index (χ3v) is 1.48. The number of rotatable bonds is 7. The summed E-state index contributed by atoms with van der Waals surface area (Å²) in [6.07, 6.45) is 0. The SMILES string of the molecule is COCC(C)(C)NC(=O)COCCN. The number of carbonyl (C=O) groups excluding carboxylic acids is 1. The molecule has 0 fully saturated rings. The number of hydrogen-bond acceptors (Lipinski definition) is 4. The van der Waals surface area contributed by atoms with Crippen molar-refractivity contribution in [1.29, 1.82) is 0 Å². The molecule has 0 aliphatic carbocycles. The monoisotopic (exact) mass is 204 g/mol. The number of nitrogens with one attached hydrogen (secondary N) is 1. The second-order valence-corrected chi connectivity index (χ2v) is 3.71. The van der Waals surface area contributed by atoms with Crippen LogP contribution in [0, 0.1) is 0 Å². The topological polar surface area (TPSA) is 73.6 Å². The lowest BCUT2D eigenvalue weighted by Crippen LogP contribution is -2.48. The van der Waals surface area contributed by atoms with Gasteiger partial charge in [-0.3, -0.25) is 4.79 Å². The Kier molecular flexibility index (Phi) is 6.44. The van der Waals surface area contributed by atoms with Gasteiger partial charge in [0.05, 0.1) is 18.8 Å². The summed E-state index contributed by atoms with van der Waals surface area (Å²) in [5.74, 6) is -0.152. The zero-order valence-corrected chi connectivity index (χ0v) is 9.13. The van der Waals surface area contributed by atoms with E-state index in [0.29, 0.717) is 19.8 Å². The molecule has 0 radical (unpaired) electrons. The first-order chi connectivity index (χ1) is 6.52. The van der Waals surface area contributed by atoms with Gasteiger partial charge in [-0.25, -0.2) is 0 Å². The molecule has 0 saturated carbocycles. The largest absolute Gasteiger partial charge is 0.382 e. The molecule has 0 aromatic rings. The van der Waals surface area contributed by atoms with Gasteiger partial charge in [0, 0.05) is 13.7 Å². The molecule has 0 aromatic heterocycles. The van der Waals surface area contributed by atoms with Crippen molar-refractivity contribution in [3.63, 3.8) is 0 Å². The summed E-state index contributed by atoms with van der Waals surface area (Å²) in [6, 6.07) is 0. The van der Waals surface area contributed by atoms with Crippen molar-refractivity contribution in [3.8, 4) is 0 Å². The summed E-state index contributed by atoms with van der Waals surface area (Å²) >= 11 is 0. The molecular formula is C9H20N2O3. The van der Waals surface area contributed by atoms with Crippen LogP contribution in [0.3, 0.4) is 0 Å². The third-order valence-electron chi connectivity index (χ3n) is 1.48. The lowest BCUT2D eigenvalue weighted by Gasteiger charge is -2.25. The summed E-state index contributed by atoms with van der Waals surface area (Å²) in [5.41, 5.74) is 4.85. The van der Waals surface area contributed by atoms with Crippen LogP contribution in [0.25, 0.3) is 0 Å². The molecule has 84 valence electrons. The number of ether oxygens (including phenoxy) is 2. The molecule has 1 amide bonds. The summed E-state index contributed by atoms with van der Waals surface area (Å²) in [5, 5.41) is 2.79. The van der Waals surface area contributed by atoms with Crippen molar-refractivity contribution in [2.75, 3.05) is 33.5 Å². The number of methoxy groups -OCH3 is 1. The minimum Gasteiger partial charge on any atom is -0.382 e. The molecule has 0 bridgehead atoms. The molecular weight excluding hydrogens is 184 g/mol. The van der Waals surface area contributed by atoms with E-state index in [1.807, 2.05) is 13.8 Å². The maximum Gasteiger partial charge on any atom is 0.246 e. The fourth-order valence-corrected chi connectivity index (χ4v) is 1.06. The highest BCUT2D eigenvalue weighted by Crippen LogP contribution is 2.01. The zero-order valence-electron chi connectivity index (χ0n) is 9.13. The third kappa shape index (κ3) is 6.82. The van der Waals surface area contributed by atoms with Gasteiger partial charge in [-0.1, -0.05) is 0 Å². The maximum atomic E-state index is 11.3. The molecule has 0 aromatic carbocycles. The Hall–Kier alpha value is -0.650. The van der Waals surface area contributed by atoms with Crippen LogP contribution in [-0.2, 0) is 14.3 Å². The van der Waals surface area contributed by atoms with Gasteiger partial charge in [-0.05, 0) is 13.8 Å². The van der Waals surface area contributed by atoms with Gasteiger partial charge in [0.1, 0.15) is 6.61 Å². The maximum absolute atomic E-state index is 11.3. The van der Waals surface area contributed by atoms with E-state index in [1.165, 1.54) is 0 Å². The lowest BCUT2D eigenvalue weighted by molar-refractivity contribution is -0.127. The predicted octanol–water partition coefficient (Wildman–Crippen LogP) is -0.497. The van der Waals surface area contributed by atoms with Gasteiger partial charge in [-0.2, -0.15) is 0 Å². The summed E-state index contributed by atoms with van der Waals surface area (Å²) in [7, 11) is 1.60. The Morgan fingerprint density at radius 2 is 2.14 bits per heavy atom. The average Bonchev–Trinajstić information content (AvgIpc) is 2.03. The molecule has 0 aliphatic heterocycles. The van der Waals surface area contributed by atoms with E-state index in [2.05, 4.69) is 5.32 Å². The molecule has 0 rings (SSSR count). The van der Waals surface area contributed by atoms with Crippen molar-refractivity contribution < 1.29 is 14.3 Å². The van der Waals surface area contributed by atoms with Gasteiger partial charge in [-0.15, -0.1) is 0 Å². The average molecular weight is 204 g/mol. The number of carbonyl (C=O) groups is 1. The predicted molar refractivity (Wildman–Crippen MR) is 54.0 cm³/mol. The second kappa shape index (κ2) is 6.75. The Morgan fingerprint density at radius 3 is 2.64 bits per heavy atom. The highest BCUT2D eigenvalue weighted by atomic mass is 16.5. The first-order valence-electron chi connectivity index (χ1n) is 4.59. The molecule has 0 unspecified atom stereocenters. The number of nitrogens with two attached hydrogens (primary N) is 1. The molecule has 14 heavy (non-hydrogen) atoms. The van der Waals surface area contributed by atoms with Gasteiger partial charge in [0.2, 0.25) is 5.91 Å². The molecule has 0 atom stereocenters. The van der Waals surface area contributed by atoms with Crippen LogP contribution in [0.4, 0.5) is 0 Å². The zero-order chi connectivity index (χ0) is 11.0. The van der Waals surface area contributed by atoms with Gasteiger partial charge in [0.25, 0.3) is 0 Å². The van der Waals surface area contributed by atoms with E-state index >= 15 is 0 Å². The van der Waals surface area contributed by atoms with Gasteiger partial charge in [0.15, 0.2) is 0 Å². The van der Waals surface area contributed by atoms with E-state index in [4.69, 9.17) is 15.2 Å². The molecule has 0 saturated heterocycles. The number of amides is 1. The number of hydrogen-bond donors (Lipinski definition) is 2. The van der Waals surface area contributed by atoms with Gasteiger partial charge < -0.3 is 20.5 Å². The van der Waals surface area contributed by atoms with Crippen molar-refractivity contribution in [2.24, 2.45) is 5.73 Å². The van der Waals surface area contributed by atoms with Crippen LogP contribution >= 0.6 is 0 Å². The van der Waals surface area contributed by atoms with E-state index < -0.39 is 0 Å². The van der Waals surface area contributed by atoms with Crippen LogP contribution in [0.15, 0.2) is 0 Å². The van der Waals surface area contributed by atoms with E-state index in [-0.39, 0.29) is 18.1 Å². The Labute approximate surface area is 84.9 Å². The standard InChI is InChI=1S/C9H20N2O3/c1-9(2,7-13-3)11-8(12)6-14-5-4-10/h4-7,10H2,1-3H3,(H,11,12). The first kappa shape index (κ1) is 13.4. The van der Waals surface area contributed by atoms with Crippen LogP contribution in [0.5, 0.6) is 0 Å².